The first-order chi connectivity index (χ1) is 8.47. The fourth-order valence-electron chi connectivity index (χ4n) is 1.76. The van der Waals surface area contributed by atoms with Gasteiger partial charge in [-0.3, -0.25) is 10.2 Å². The highest BCUT2D eigenvalue weighted by atomic mass is 16.5. The molecule has 0 saturated heterocycles. The Kier molecular flexibility index (Phi) is 5.16. The summed E-state index contributed by atoms with van der Waals surface area (Å²) in [4.78, 5) is 11.5. The molecule has 0 bridgehead atoms. The second kappa shape index (κ2) is 6.40. The minimum absolute atomic E-state index is 0.301. The third-order valence-electron chi connectivity index (χ3n) is 2.82. The highest BCUT2D eigenvalue weighted by molar-refractivity contribution is 5.80. The van der Waals surface area contributed by atoms with Crippen LogP contribution in [0, 0.1) is 6.92 Å². The minimum Gasteiger partial charge on any atom is -0.481 e. The molecule has 1 unspecified atom stereocenters. The number of rotatable bonds is 5. The van der Waals surface area contributed by atoms with Crippen LogP contribution < -0.4 is 16.0 Å². The molecule has 1 aromatic rings. The Bertz CT molecular complexity index is 416. The van der Waals surface area contributed by atoms with Gasteiger partial charge in [0.25, 0.3) is 5.91 Å². The van der Waals surface area contributed by atoms with Crippen LogP contribution in [0.1, 0.15) is 44.2 Å². The van der Waals surface area contributed by atoms with Crippen molar-refractivity contribution in [3.8, 4) is 5.75 Å². The van der Waals surface area contributed by atoms with Gasteiger partial charge in [-0.2, -0.15) is 0 Å². The minimum atomic E-state index is -0.545. The van der Waals surface area contributed by atoms with Gasteiger partial charge >= 0.3 is 0 Å². The number of amides is 1. The molecule has 0 aromatic heterocycles. The predicted molar refractivity (Wildman–Crippen MR) is 72.3 cm³/mol. The largest absolute Gasteiger partial charge is 0.481 e. The van der Waals surface area contributed by atoms with Gasteiger partial charge in [0.2, 0.25) is 0 Å². The Balaban J connectivity index is 2.92. The predicted octanol–water partition coefficient (Wildman–Crippen LogP) is 2.27. The molecule has 0 spiro atoms. The van der Waals surface area contributed by atoms with Crippen molar-refractivity contribution in [2.75, 3.05) is 0 Å². The van der Waals surface area contributed by atoms with Gasteiger partial charge in [0, 0.05) is 0 Å². The summed E-state index contributed by atoms with van der Waals surface area (Å²) in [5.41, 5.74) is 4.45. The smallest absolute Gasteiger partial charge is 0.274 e. The summed E-state index contributed by atoms with van der Waals surface area (Å²) in [5.74, 6) is 5.97. The quantitative estimate of drug-likeness (QED) is 0.478. The van der Waals surface area contributed by atoms with E-state index in [1.165, 1.54) is 5.56 Å². The zero-order chi connectivity index (χ0) is 13.7. The summed E-state index contributed by atoms with van der Waals surface area (Å²) in [6.45, 7) is 8.16. The number of carbonyl (C=O) groups is 1. The van der Waals surface area contributed by atoms with Crippen molar-refractivity contribution < 1.29 is 9.53 Å². The highest BCUT2D eigenvalue weighted by Gasteiger charge is 2.17. The van der Waals surface area contributed by atoms with Crippen molar-refractivity contribution in [2.24, 2.45) is 5.84 Å². The molecule has 4 heteroatoms. The van der Waals surface area contributed by atoms with Crippen LogP contribution in [0.5, 0.6) is 5.75 Å². The standard InChI is InChI=1S/C14H22N2O2/c1-5-13(14(17)16-15)18-12-7-10(4)6-11(8-12)9(2)3/h6-9,13H,5,15H2,1-4H3,(H,16,17). The number of hydrogen-bond donors (Lipinski definition) is 2. The van der Waals surface area contributed by atoms with E-state index in [0.717, 1.165) is 5.56 Å². The van der Waals surface area contributed by atoms with E-state index < -0.39 is 6.10 Å². The molecule has 0 aliphatic heterocycles. The summed E-state index contributed by atoms with van der Waals surface area (Å²) >= 11 is 0. The van der Waals surface area contributed by atoms with Crippen molar-refractivity contribution in [3.63, 3.8) is 0 Å². The second-order valence-corrected chi connectivity index (χ2v) is 4.76. The Morgan fingerprint density at radius 2 is 2.06 bits per heavy atom. The molecule has 4 nitrogen and oxygen atoms in total. The van der Waals surface area contributed by atoms with Crippen molar-refractivity contribution in [1.82, 2.24) is 5.43 Å². The average molecular weight is 250 g/mol. The van der Waals surface area contributed by atoms with E-state index in [-0.39, 0.29) is 5.91 Å². The molecule has 1 atom stereocenters. The van der Waals surface area contributed by atoms with Gasteiger partial charge in [-0.25, -0.2) is 5.84 Å². The maximum atomic E-state index is 11.5. The molecule has 0 fully saturated rings. The third-order valence-corrected chi connectivity index (χ3v) is 2.82. The lowest BCUT2D eigenvalue weighted by Crippen LogP contribution is -2.41. The van der Waals surface area contributed by atoms with E-state index in [2.05, 4.69) is 25.3 Å². The third kappa shape index (κ3) is 3.74. The number of benzene rings is 1. The lowest BCUT2D eigenvalue weighted by Gasteiger charge is -2.17. The van der Waals surface area contributed by atoms with Crippen LogP contribution >= 0.6 is 0 Å². The van der Waals surface area contributed by atoms with E-state index in [1.54, 1.807) is 0 Å². The lowest BCUT2D eigenvalue weighted by atomic mass is 10.0. The molecule has 1 aromatic carbocycles. The number of ether oxygens (including phenoxy) is 1. The molecule has 1 rings (SSSR count). The number of nitrogens with one attached hydrogen (secondary N) is 1. The molecule has 0 aliphatic carbocycles. The van der Waals surface area contributed by atoms with Crippen molar-refractivity contribution in [1.29, 1.82) is 0 Å². The van der Waals surface area contributed by atoms with Crippen LogP contribution in [0.3, 0.4) is 0 Å². The Labute approximate surface area is 108 Å². The van der Waals surface area contributed by atoms with Gasteiger partial charge in [-0.15, -0.1) is 0 Å². The SMILES string of the molecule is CCC(Oc1cc(C)cc(C(C)C)c1)C(=O)NN. The van der Waals surface area contributed by atoms with E-state index in [1.807, 2.05) is 26.0 Å². The molecule has 0 aliphatic rings. The highest BCUT2D eigenvalue weighted by Crippen LogP contribution is 2.24. The van der Waals surface area contributed by atoms with Crippen LogP contribution in [-0.2, 0) is 4.79 Å². The Morgan fingerprint density at radius 3 is 2.56 bits per heavy atom. The summed E-state index contributed by atoms with van der Waals surface area (Å²) < 4.78 is 5.70. The summed E-state index contributed by atoms with van der Waals surface area (Å²) in [7, 11) is 0. The van der Waals surface area contributed by atoms with Crippen LogP contribution in [-0.4, -0.2) is 12.0 Å². The molecule has 0 saturated carbocycles. The van der Waals surface area contributed by atoms with Crippen molar-refractivity contribution >= 4 is 5.91 Å². The number of hydrazine groups is 1. The molecule has 1 amide bonds. The zero-order valence-corrected chi connectivity index (χ0v) is 11.5. The number of nitrogens with two attached hydrogens (primary N) is 1. The van der Waals surface area contributed by atoms with Gasteiger partial charge in [0.15, 0.2) is 6.10 Å². The van der Waals surface area contributed by atoms with Gasteiger partial charge in [-0.05, 0) is 42.5 Å². The first-order valence-electron chi connectivity index (χ1n) is 6.26. The summed E-state index contributed by atoms with van der Waals surface area (Å²) in [6.07, 6.45) is 0.0327. The van der Waals surface area contributed by atoms with Gasteiger partial charge in [0.05, 0.1) is 0 Å². The Morgan fingerprint density at radius 1 is 1.39 bits per heavy atom. The zero-order valence-electron chi connectivity index (χ0n) is 11.5. The van der Waals surface area contributed by atoms with Crippen LogP contribution in [0.4, 0.5) is 0 Å². The first kappa shape index (κ1) is 14.5. The number of carbonyl (C=O) groups excluding carboxylic acids is 1. The van der Waals surface area contributed by atoms with Crippen LogP contribution in [0.15, 0.2) is 18.2 Å². The van der Waals surface area contributed by atoms with Gasteiger partial charge in [0.1, 0.15) is 5.75 Å². The fraction of sp³-hybridized carbons (Fsp3) is 0.500. The lowest BCUT2D eigenvalue weighted by molar-refractivity contribution is -0.128. The topological polar surface area (TPSA) is 64.3 Å². The van der Waals surface area contributed by atoms with Crippen LogP contribution in [0.25, 0.3) is 0 Å². The Hall–Kier alpha value is -1.55. The van der Waals surface area contributed by atoms with E-state index in [9.17, 15) is 4.79 Å². The number of hydrogen-bond acceptors (Lipinski definition) is 3. The molecular formula is C14H22N2O2. The van der Waals surface area contributed by atoms with Crippen LogP contribution in [0.2, 0.25) is 0 Å². The first-order valence-corrected chi connectivity index (χ1v) is 6.26. The molecule has 0 radical (unpaired) electrons. The molecule has 100 valence electrons. The van der Waals surface area contributed by atoms with E-state index in [0.29, 0.717) is 18.1 Å². The van der Waals surface area contributed by atoms with Gasteiger partial charge < -0.3 is 4.74 Å². The molecular weight excluding hydrogens is 228 g/mol. The molecule has 0 heterocycles. The molecule has 3 N–H and O–H groups in total. The molecule has 18 heavy (non-hydrogen) atoms. The van der Waals surface area contributed by atoms with Gasteiger partial charge in [-0.1, -0.05) is 26.8 Å². The van der Waals surface area contributed by atoms with Crippen molar-refractivity contribution in [3.05, 3.63) is 29.3 Å². The normalized spacial score (nSPS) is 12.3. The number of aryl methyl sites for hydroxylation is 1. The second-order valence-electron chi connectivity index (χ2n) is 4.76. The average Bonchev–Trinajstić information content (AvgIpc) is 2.34. The maximum Gasteiger partial charge on any atom is 0.274 e. The summed E-state index contributed by atoms with van der Waals surface area (Å²) in [6, 6.07) is 6.03. The monoisotopic (exact) mass is 250 g/mol. The van der Waals surface area contributed by atoms with E-state index in [4.69, 9.17) is 10.6 Å². The maximum absolute atomic E-state index is 11.5. The van der Waals surface area contributed by atoms with Crippen molar-refractivity contribution in [2.45, 2.75) is 46.1 Å². The summed E-state index contributed by atoms with van der Waals surface area (Å²) in [5, 5.41) is 0. The van der Waals surface area contributed by atoms with E-state index >= 15 is 0 Å². The fourth-order valence-corrected chi connectivity index (χ4v) is 1.76.